The standard InChI is InChI=1S/C16H20N2O2S/c1-19-14-4-2-3-5-15(14)20-9-8-16-18-11-13(21-16)10-17-12-6-7-12/h2-5,11-12,17H,6-10H2,1H3. The quantitative estimate of drug-likeness (QED) is 0.814. The van der Waals surface area contributed by atoms with Crippen LogP contribution in [0.1, 0.15) is 22.7 Å². The lowest BCUT2D eigenvalue weighted by Gasteiger charge is -2.09. The van der Waals surface area contributed by atoms with E-state index in [1.54, 1.807) is 18.4 Å². The first-order valence-electron chi connectivity index (χ1n) is 7.28. The van der Waals surface area contributed by atoms with Gasteiger partial charge in [-0.3, -0.25) is 0 Å². The van der Waals surface area contributed by atoms with E-state index < -0.39 is 0 Å². The highest BCUT2D eigenvalue weighted by molar-refractivity contribution is 7.11. The van der Waals surface area contributed by atoms with E-state index >= 15 is 0 Å². The van der Waals surface area contributed by atoms with E-state index in [4.69, 9.17) is 9.47 Å². The zero-order valence-corrected chi connectivity index (χ0v) is 13.0. The maximum absolute atomic E-state index is 5.78. The topological polar surface area (TPSA) is 43.4 Å². The molecule has 1 aromatic carbocycles. The van der Waals surface area contributed by atoms with Gasteiger partial charge in [0.15, 0.2) is 11.5 Å². The van der Waals surface area contributed by atoms with Crippen LogP contribution in [0.15, 0.2) is 30.5 Å². The second-order valence-electron chi connectivity index (χ2n) is 5.12. The Kier molecular flexibility index (Phi) is 4.72. The van der Waals surface area contributed by atoms with Crippen LogP contribution in [0.3, 0.4) is 0 Å². The molecule has 0 unspecified atom stereocenters. The fourth-order valence-corrected chi connectivity index (χ4v) is 2.92. The van der Waals surface area contributed by atoms with E-state index in [0.29, 0.717) is 6.61 Å². The van der Waals surface area contributed by atoms with Gasteiger partial charge in [-0.25, -0.2) is 4.98 Å². The third-order valence-electron chi connectivity index (χ3n) is 3.39. The molecule has 0 amide bonds. The number of ether oxygens (including phenoxy) is 2. The van der Waals surface area contributed by atoms with Crippen molar-refractivity contribution in [1.29, 1.82) is 0 Å². The first-order chi connectivity index (χ1) is 10.3. The summed E-state index contributed by atoms with van der Waals surface area (Å²) in [6, 6.07) is 8.45. The number of nitrogens with one attached hydrogen (secondary N) is 1. The largest absolute Gasteiger partial charge is 0.493 e. The Bertz CT molecular complexity index is 581. The summed E-state index contributed by atoms with van der Waals surface area (Å²) >= 11 is 1.76. The molecule has 1 fully saturated rings. The Morgan fingerprint density at radius 2 is 2.10 bits per heavy atom. The van der Waals surface area contributed by atoms with Gasteiger partial charge in [0.25, 0.3) is 0 Å². The summed E-state index contributed by atoms with van der Waals surface area (Å²) in [5.41, 5.74) is 0. The molecule has 0 radical (unpaired) electrons. The Morgan fingerprint density at radius 1 is 1.29 bits per heavy atom. The number of para-hydroxylation sites is 2. The number of aromatic nitrogens is 1. The summed E-state index contributed by atoms with van der Waals surface area (Å²) < 4.78 is 11.0. The molecule has 1 aromatic heterocycles. The summed E-state index contributed by atoms with van der Waals surface area (Å²) in [7, 11) is 1.65. The summed E-state index contributed by atoms with van der Waals surface area (Å²) in [4.78, 5) is 5.76. The van der Waals surface area contributed by atoms with Gasteiger partial charge in [-0.05, 0) is 25.0 Å². The number of methoxy groups -OCH3 is 1. The highest BCUT2D eigenvalue weighted by atomic mass is 32.1. The van der Waals surface area contributed by atoms with Crippen LogP contribution < -0.4 is 14.8 Å². The number of hydrogen-bond acceptors (Lipinski definition) is 5. The van der Waals surface area contributed by atoms with Crippen molar-refractivity contribution < 1.29 is 9.47 Å². The molecule has 0 saturated heterocycles. The minimum atomic E-state index is 0.614. The van der Waals surface area contributed by atoms with Gasteiger partial charge in [0, 0.05) is 30.1 Å². The molecule has 1 aliphatic rings. The number of benzene rings is 1. The van der Waals surface area contributed by atoms with Gasteiger partial charge in [0.05, 0.1) is 18.7 Å². The van der Waals surface area contributed by atoms with Crippen LogP contribution in [0, 0.1) is 0 Å². The van der Waals surface area contributed by atoms with E-state index in [0.717, 1.165) is 35.5 Å². The van der Waals surface area contributed by atoms with Crippen molar-refractivity contribution in [2.75, 3.05) is 13.7 Å². The average molecular weight is 304 g/mol. The second kappa shape index (κ2) is 6.91. The molecule has 0 aliphatic heterocycles. The fourth-order valence-electron chi connectivity index (χ4n) is 2.06. The fraction of sp³-hybridized carbons (Fsp3) is 0.438. The van der Waals surface area contributed by atoms with Gasteiger partial charge in [0.1, 0.15) is 0 Å². The van der Waals surface area contributed by atoms with Crippen molar-refractivity contribution >= 4 is 11.3 Å². The molecule has 2 aromatic rings. The SMILES string of the molecule is COc1ccccc1OCCc1ncc(CNC2CC2)s1. The van der Waals surface area contributed by atoms with Gasteiger partial charge >= 0.3 is 0 Å². The number of hydrogen-bond donors (Lipinski definition) is 1. The summed E-state index contributed by atoms with van der Waals surface area (Å²) in [5, 5.41) is 4.63. The van der Waals surface area contributed by atoms with Crippen LogP contribution in [0.4, 0.5) is 0 Å². The van der Waals surface area contributed by atoms with Crippen molar-refractivity contribution in [3.8, 4) is 11.5 Å². The van der Waals surface area contributed by atoms with Crippen LogP contribution in [-0.4, -0.2) is 24.7 Å². The van der Waals surface area contributed by atoms with E-state index in [-0.39, 0.29) is 0 Å². The zero-order chi connectivity index (χ0) is 14.5. The number of nitrogens with zero attached hydrogens (tertiary/aromatic N) is 1. The Balaban J connectivity index is 1.46. The Hall–Kier alpha value is -1.59. The molecule has 0 atom stereocenters. The lowest BCUT2D eigenvalue weighted by molar-refractivity contribution is 0.297. The van der Waals surface area contributed by atoms with Crippen molar-refractivity contribution in [3.05, 3.63) is 40.3 Å². The maximum atomic E-state index is 5.78. The van der Waals surface area contributed by atoms with Crippen molar-refractivity contribution in [1.82, 2.24) is 10.3 Å². The molecular formula is C16H20N2O2S. The van der Waals surface area contributed by atoms with E-state index in [9.17, 15) is 0 Å². The number of rotatable bonds is 8. The summed E-state index contributed by atoms with van der Waals surface area (Å²) in [5.74, 6) is 1.55. The highest BCUT2D eigenvalue weighted by Crippen LogP contribution is 2.26. The van der Waals surface area contributed by atoms with E-state index in [2.05, 4.69) is 10.3 Å². The van der Waals surface area contributed by atoms with Crippen LogP contribution in [-0.2, 0) is 13.0 Å². The highest BCUT2D eigenvalue weighted by Gasteiger charge is 2.20. The van der Waals surface area contributed by atoms with E-state index in [1.807, 2.05) is 30.5 Å². The minimum Gasteiger partial charge on any atom is -0.493 e. The molecule has 0 spiro atoms. The predicted octanol–water partition coefficient (Wildman–Crippen LogP) is 3.03. The molecule has 1 N–H and O–H groups in total. The van der Waals surface area contributed by atoms with Gasteiger partial charge in [-0.1, -0.05) is 12.1 Å². The van der Waals surface area contributed by atoms with Gasteiger partial charge in [0.2, 0.25) is 0 Å². The third kappa shape index (κ3) is 4.19. The lowest BCUT2D eigenvalue weighted by Crippen LogP contribution is -2.14. The minimum absolute atomic E-state index is 0.614. The Labute approximate surface area is 129 Å². The van der Waals surface area contributed by atoms with Gasteiger partial charge < -0.3 is 14.8 Å². The second-order valence-corrected chi connectivity index (χ2v) is 6.32. The van der Waals surface area contributed by atoms with Gasteiger partial charge in [-0.2, -0.15) is 0 Å². The molecule has 112 valence electrons. The monoisotopic (exact) mass is 304 g/mol. The van der Waals surface area contributed by atoms with Crippen LogP contribution in [0.5, 0.6) is 11.5 Å². The summed E-state index contributed by atoms with van der Waals surface area (Å²) in [6.45, 7) is 1.55. The molecule has 0 bridgehead atoms. The lowest BCUT2D eigenvalue weighted by atomic mass is 10.3. The van der Waals surface area contributed by atoms with Gasteiger partial charge in [-0.15, -0.1) is 11.3 Å². The maximum Gasteiger partial charge on any atom is 0.161 e. The molecule has 1 saturated carbocycles. The van der Waals surface area contributed by atoms with Crippen molar-refractivity contribution in [2.24, 2.45) is 0 Å². The molecule has 4 nitrogen and oxygen atoms in total. The molecular weight excluding hydrogens is 284 g/mol. The van der Waals surface area contributed by atoms with Crippen LogP contribution in [0.2, 0.25) is 0 Å². The van der Waals surface area contributed by atoms with Crippen LogP contribution >= 0.6 is 11.3 Å². The average Bonchev–Trinajstić information content (AvgIpc) is 3.24. The Morgan fingerprint density at radius 3 is 2.86 bits per heavy atom. The molecule has 3 rings (SSSR count). The predicted molar refractivity (Wildman–Crippen MR) is 84.2 cm³/mol. The molecule has 21 heavy (non-hydrogen) atoms. The molecule has 1 heterocycles. The smallest absolute Gasteiger partial charge is 0.161 e. The normalized spacial score (nSPS) is 14.1. The number of thiazole rings is 1. The first-order valence-corrected chi connectivity index (χ1v) is 8.09. The third-order valence-corrected chi connectivity index (χ3v) is 4.44. The van der Waals surface area contributed by atoms with E-state index in [1.165, 1.54) is 17.7 Å². The zero-order valence-electron chi connectivity index (χ0n) is 12.2. The summed E-state index contributed by atoms with van der Waals surface area (Å²) in [6.07, 6.45) is 5.43. The first kappa shape index (κ1) is 14.4. The van der Waals surface area contributed by atoms with Crippen LogP contribution in [0.25, 0.3) is 0 Å². The molecule has 1 aliphatic carbocycles. The van der Waals surface area contributed by atoms with Crippen molar-refractivity contribution in [2.45, 2.75) is 31.8 Å². The van der Waals surface area contributed by atoms with Crippen molar-refractivity contribution in [3.63, 3.8) is 0 Å². The molecule has 5 heteroatoms.